The van der Waals surface area contributed by atoms with Crippen LogP contribution in [0.2, 0.25) is 0 Å². The maximum absolute atomic E-state index is 12.7. The highest BCUT2D eigenvalue weighted by Crippen LogP contribution is 2.27. The molecular weight excluding hydrogens is 492 g/mol. The number of ether oxygens (including phenoxy) is 2. The van der Waals surface area contributed by atoms with Crippen molar-refractivity contribution in [2.45, 2.75) is 96.3 Å². The third-order valence-electron chi connectivity index (χ3n) is 7.19. The van der Waals surface area contributed by atoms with Crippen LogP contribution in [0.3, 0.4) is 0 Å². The van der Waals surface area contributed by atoms with Crippen molar-refractivity contribution in [2.75, 3.05) is 40.9 Å². The van der Waals surface area contributed by atoms with Crippen molar-refractivity contribution in [3.8, 4) is 0 Å². The number of nitrogens with zero attached hydrogens (tertiary/aromatic N) is 2. The summed E-state index contributed by atoms with van der Waals surface area (Å²) < 4.78 is 42.8. The Morgan fingerprint density at radius 3 is 2.16 bits per heavy atom. The SMILES string of the molecule is CCCCCN(C)CCCCCCOC1CCC(N(C)S(=O)(=O)OCc2ccc(C(=O)OC)cc2)CC1. The molecular formula is C28H48N2O6S. The average Bonchev–Trinajstić information content (AvgIpc) is 2.91. The zero-order chi connectivity index (χ0) is 27.1. The first-order valence-electron chi connectivity index (χ1n) is 13.9. The van der Waals surface area contributed by atoms with E-state index in [0.717, 1.165) is 38.7 Å². The van der Waals surface area contributed by atoms with Gasteiger partial charge in [0.05, 0.1) is 25.4 Å². The highest BCUT2D eigenvalue weighted by atomic mass is 32.2. The molecule has 1 saturated carbocycles. The maximum atomic E-state index is 12.7. The van der Waals surface area contributed by atoms with Gasteiger partial charge >= 0.3 is 16.3 Å². The second kappa shape index (κ2) is 17.1. The Bertz CT molecular complexity index is 869. The number of benzene rings is 1. The van der Waals surface area contributed by atoms with Gasteiger partial charge < -0.3 is 14.4 Å². The van der Waals surface area contributed by atoms with E-state index in [1.54, 1.807) is 31.3 Å². The molecule has 0 heterocycles. The molecule has 2 rings (SSSR count). The normalized spacial score (nSPS) is 18.4. The molecule has 37 heavy (non-hydrogen) atoms. The summed E-state index contributed by atoms with van der Waals surface area (Å²) in [5.74, 6) is -0.434. The van der Waals surface area contributed by atoms with Gasteiger partial charge in [0.15, 0.2) is 0 Å². The van der Waals surface area contributed by atoms with E-state index in [1.165, 1.54) is 63.0 Å². The molecule has 1 aromatic rings. The Hall–Kier alpha value is -1.52. The minimum absolute atomic E-state index is 0.0816. The molecule has 0 amide bonds. The van der Waals surface area contributed by atoms with E-state index in [9.17, 15) is 13.2 Å². The molecule has 0 saturated heterocycles. The van der Waals surface area contributed by atoms with Crippen LogP contribution in [0.25, 0.3) is 0 Å². The Balaban J connectivity index is 1.59. The summed E-state index contributed by atoms with van der Waals surface area (Å²) in [5.41, 5.74) is 1.08. The van der Waals surface area contributed by atoms with Crippen LogP contribution in [0.4, 0.5) is 0 Å². The standard InChI is InChI=1S/C28H48N2O6S/c1-5-6-9-20-29(2)21-10-7-8-11-22-35-27-18-16-26(17-19-27)30(3)37(32,33)36-23-24-12-14-25(15-13-24)28(31)34-4/h12-15,26-27H,5-11,16-23H2,1-4H3. The van der Waals surface area contributed by atoms with Crippen LogP contribution < -0.4 is 0 Å². The fourth-order valence-corrected chi connectivity index (χ4v) is 5.70. The molecule has 0 unspecified atom stereocenters. The number of carbonyl (C=O) groups is 1. The smallest absolute Gasteiger partial charge is 0.338 e. The maximum Gasteiger partial charge on any atom is 0.338 e. The fourth-order valence-electron chi connectivity index (χ4n) is 4.67. The molecule has 1 fully saturated rings. The summed E-state index contributed by atoms with van der Waals surface area (Å²) in [7, 11) is 1.27. The van der Waals surface area contributed by atoms with Crippen LogP contribution in [-0.2, 0) is 30.6 Å². The molecule has 1 aromatic carbocycles. The summed E-state index contributed by atoms with van der Waals surface area (Å²) in [6.07, 6.45) is 12.1. The quantitative estimate of drug-likeness (QED) is 0.187. The van der Waals surface area contributed by atoms with Crippen molar-refractivity contribution in [3.63, 3.8) is 0 Å². The molecule has 212 valence electrons. The molecule has 9 heteroatoms. The highest BCUT2D eigenvalue weighted by molar-refractivity contribution is 7.84. The lowest BCUT2D eigenvalue weighted by molar-refractivity contribution is 0.0147. The van der Waals surface area contributed by atoms with Gasteiger partial charge in [-0.3, -0.25) is 4.18 Å². The van der Waals surface area contributed by atoms with Crippen LogP contribution in [0.1, 0.15) is 93.5 Å². The molecule has 0 spiro atoms. The summed E-state index contributed by atoms with van der Waals surface area (Å²) >= 11 is 0. The molecule has 0 aromatic heterocycles. The number of hydrogen-bond acceptors (Lipinski definition) is 7. The largest absolute Gasteiger partial charge is 0.465 e. The third-order valence-corrected chi connectivity index (χ3v) is 8.61. The van der Waals surface area contributed by atoms with Crippen molar-refractivity contribution >= 4 is 16.3 Å². The minimum atomic E-state index is -3.85. The van der Waals surface area contributed by atoms with Crippen molar-refractivity contribution in [3.05, 3.63) is 35.4 Å². The topological polar surface area (TPSA) is 85.4 Å². The van der Waals surface area contributed by atoms with E-state index in [1.807, 2.05) is 0 Å². The van der Waals surface area contributed by atoms with Gasteiger partial charge in [-0.25, -0.2) is 4.79 Å². The minimum Gasteiger partial charge on any atom is -0.465 e. The Kier molecular flexibility index (Phi) is 14.7. The van der Waals surface area contributed by atoms with Crippen LogP contribution >= 0.6 is 0 Å². The fraction of sp³-hybridized carbons (Fsp3) is 0.750. The first kappa shape index (κ1) is 31.7. The molecule has 0 radical (unpaired) electrons. The summed E-state index contributed by atoms with van der Waals surface area (Å²) in [5, 5.41) is 0. The van der Waals surface area contributed by atoms with Crippen molar-refractivity contribution in [2.24, 2.45) is 0 Å². The summed E-state index contributed by atoms with van der Waals surface area (Å²) in [6, 6.07) is 6.43. The molecule has 8 nitrogen and oxygen atoms in total. The van der Waals surface area contributed by atoms with E-state index < -0.39 is 16.3 Å². The lowest BCUT2D eigenvalue weighted by Gasteiger charge is -2.33. The van der Waals surface area contributed by atoms with Crippen LogP contribution in [-0.4, -0.2) is 76.6 Å². The second-order valence-corrected chi connectivity index (χ2v) is 11.8. The number of hydrogen-bond donors (Lipinski definition) is 0. The zero-order valence-electron chi connectivity index (χ0n) is 23.3. The monoisotopic (exact) mass is 540 g/mol. The van der Waals surface area contributed by atoms with E-state index in [-0.39, 0.29) is 18.8 Å². The third kappa shape index (κ3) is 11.8. The molecule has 1 aliphatic carbocycles. The van der Waals surface area contributed by atoms with Crippen LogP contribution in [0, 0.1) is 0 Å². The van der Waals surface area contributed by atoms with E-state index in [2.05, 4.69) is 23.6 Å². The number of methoxy groups -OCH3 is 1. The Morgan fingerprint density at radius 2 is 1.54 bits per heavy atom. The lowest BCUT2D eigenvalue weighted by atomic mass is 9.93. The predicted octanol–water partition coefficient (Wildman–Crippen LogP) is 5.18. The van der Waals surface area contributed by atoms with Crippen LogP contribution in [0.5, 0.6) is 0 Å². The number of rotatable bonds is 18. The van der Waals surface area contributed by atoms with Gasteiger partial charge in [0.25, 0.3) is 0 Å². The van der Waals surface area contributed by atoms with E-state index in [0.29, 0.717) is 11.1 Å². The second-order valence-electron chi connectivity index (χ2n) is 10.2. The van der Waals surface area contributed by atoms with Gasteiger partial charge in [0.2, 0.25) is 0 Å². The van der Waals surface area contributed by atoms with Crippen molar-refractivity contribution in [1.29, 1.82) is 0 Å². The summed E-state index contributed by atoms with van der Waals surface area (Å²) in [4.78, 5) is 14.0. The van der Waals surface area contributed by atoms with Gasteiger partial charge in [-0.2, -0.15) is 12.7 Å². The van der Waals surface area contributed by atoms with Gasteiger partial charge in [0.1, 0.15) is 0 Å². The number of carbonyl (C=O) groups excluding carboxylic acids is 1. The van der Waals surface area contributed by atoms with Gasteiger partial charge in [-0.1, -0.05) is 44.7 Å². The molecule has 0 N–H and O–H groups in total. The molecule has 0 aliphatic heterocycles. The van der Waals surface area contributed by atoms with Gasteiger partial charge in [-0.15, -0.1) is 0 Å². The first-order chi connectivity index (χ1) is 17.8. The molecule has 0 atom stereocenters. The zero-order valence-corrected chi connectivity index (χ0v) is 24.1. The Labute approximate surface area is 224 Å². The Morgan fingerprint density at radius 1 is 0.919 bits per heavy atom. The first-order valence-corrected chi connectivity index (χ1v) is 15.2. The highest BCUT2D eigenvalue weighted by Gasteiger charge is 2.31. The number of unbranched alkanes of at least 4 members (excludes halogenated alkanes) is 5. The lowest BCUT2D eigenvalue weighted by Crippen LogP contribution is -2.41. The predicted molar refractivity (Wildman–Crippen MR) is 147 cm³/mol. The number of esters is 1. The molecule has 1 aliphatic rings. The van der Waals surface area contributed by atoms with Crippen molar-refractivity contribution in [1.82, 2.24) is 9.21 Å². The van der Waals surface area contributed by atoms with Gasteiger partial charge in [0, 0.05) is 19.7 Å². The van der Waals surface area contributed by atoms with Crippen molar-refractivity contribution < 1.29 is 26.9 Å². The van der Waals surface area contributed by atoms with E-state index >= 15 is 0 Å². The summed E-state index contributed by atoms with van der Waals surface area (Å²) in [6.45, 7) is 5.33. The van der Waals surface area contributed by atoms with E-state index in [4.69, 9.17) is 8.92 Å². The van der Waals surface area contributed by atoms with Crippen LogP contribution in [0.15, 0.2) is 24.3 Å². The van der Waals surface area contributed by atoms with Gasteiger partial charge in [-0.05, 0) is 82.8 Å². The molecule has 0 bridgehead atoms. The average molecular weight is 541 g/mol.